The Morgan fingerprint density at radius 3 is 1.93 bits per heavy atom. The average molecular weight is 401 g/mol. The number of hydrogen-bond donors (Lipinski definition) is 1. The van der Waals surface area contributed by atoms with E-state index in [1.807, 2.05) is 0 Å². The molecule has 0 saturated heterocycles. The van der Waals surface area contributed by atoms with Crippen molar-refractivity contribution in [2.45, 2.75) is 45.4 Å². The van der Waals surface area contributed by atoms with E-state index in [0.29, 0.717) is 0 Å². The SMILES string of the molecule is CCCCCCCc1ccc(OC(=O)Nc2c(F)c(F)c(F)c(F)c2F)cc1. The monoisotopic (exact) mass is 401 g/mol. The fraction of sp³-hybridized carbons (Fsp3) is 0.350. The Labute approximate surface area is 159 Å². The Kier molecular flexibility index (Phi) is 7.78. The Morgan fingerprint density at radius 2 is 1.36 bits per heavy atom. The second-order valence-corrected chi connectivity index (χ2v) is 6.27. The van der Waals surface area contributed by atoms with Gasteiger partial charge in [-0.3, -0.25) is 5.32 Å². The van der Waals surface area contributed by atoms with Gasteiger partial charge >= 0.3 is 6.09 Å². The first kappa shape index (κ1) is 21.7. The third-order valence-electron chi connectivity index (χ3n) is 4.14. The van der Waals surface area contributed by atoms with Crippen LogP contribution in [0.2, 0.25) is 0 Å². The predicted octanol–water partition coefficient (Wildman–Crippen LogP) is 6.51. The molecule has 0 aliphatic heterocycles. The van der Waals surface area contributed by atoms with Crippen molar-refractivity contribution in [1.29, 1.82) is 0 Å². The van der Waals surface area contributed by atoms with Gasteiger partial charge in [0.25, 0.3) is 0 Å². The van der Waals surface area contributed by atoms with Gasteiger partial charge in [0.15, 0.2) is 23.3 Å². The van der Waals surface area contributed by atoms with E-state index in [9.17, 15) is 26.7 Å². The fourth-order valence-electron chi connectivity index (χ4n) is 2.61. The lowest BCUT2D eigenvalue weighted by atomic mass is 10.1. The van der Waals surface area contributed by atoms with Crippen molar-refractivity contribution in [2.75, 3.05) is 5.32 Å². The van der Waals surface area contributed by atoms with Crippen LogP contribution in [0.3, 0.4) is 0 Å². The molecule has 152 valence electrons. The van der Waals surface area contributed by atoms with Crippen LogP contribution in [-0.4, -0.2) is 6.09 Å². The number of hydrogen-bond acceptors (Lipinski definition) is 2. The smallest absolute Gasteiger partial charge is 0.410 e. The third-order valence-corrected chi connectivity index (χ3v) is 4.14. The van der Waals surface area contributed by atoms with E-state index in [1.54, 1.807) is 17.4 Å². The number of aryl methyl sites for hydroxylation is 1. The van der Waals surface area contributed by atoms with Crippen LogP contribution in [0.25, 0.3) is 0 Å². The highest BCUT2D eigenvalue weighted by molar-refractivity contribution is 5.86. The van der Waals surface area contributed by atoms with Gasteiger partial charge in [0.05, 0.1) is 0 Å². The topological polar surface area (TPSA) is 38.3 Å². The number of anilines is 1. The molecule has 0 aliphatic carbocycles. The molecule has 0 bridgehead atoms. The number of amides is 1. The molecule has 1 amide bonds. The van der Waals surface area contributed by atoms with Crippen LogP contribution >= 0.6 is 0 Å². The number of benzene rings is 2. The van der Waals surface area contributed by atoms with Gasteiger partial charge in [0.1, 0.15) is 11.4 Å². The Morgan fingerprint density at radius 1 is 0.821 bits per heavy atom. The molecule has 8 heteroatoms. The molecular weight excluding hydrogens is 381 g/mol. The largest absolute Gasteiger partial charge is 0.417 e. The number of carbonyl (C=O) groups excluding carboxylic acids is 1. The molecular formula is C20H20F5NO2. The molecule has 0 spiro atoms. The van der Waals surface area contributed by atoms with Crippen molar-refractivity contribution < 1.29 is 31.5 Å². The van der Waals surface area contributed by atoms with Crippen LogP contribution in [-0.2, 0) is 6.42 Å². The Balaban J connectivity index is 1.95. The van der Waals surface area contributed by atoms with Crippen LogP contribution in [0.4, 0.5) is 32.4 Å². The van der Waals surface area contributed by atoms with Gasteiger partial charge in [-0.15, -0.1) is 0 Å². The first-order chi connectivity index (χ1) is 13.3. The van der Waals surface area contributed by atoms with Crippen molar-refractivity contribution in [2.24, 2.45) is 0 Å². The number of rotatable bonds is 8. The molecule has 28 heavy (non-hydrogen) atoms. The summed E-state index contributed by atoms with van der Waals surface area (Å²) in [6.07, 6.45) is 5.17. The minimum Gasteiger partial charge on any atom is -0.410 e. The molecule has 0 heterocycles. The van der Waals surface area contributed by atoms with E-state index < -0.39 is 40.9 Å². The second kappa shape index (κ2) is 10.1. The zero-order valence-electron chi connectivity index (χ0n) is 15.3. The quantitative estimate of drug-likeness (QED) is 0.237. The van der Waals surface area contributed by atoms with Crippen LogP contribution < -0.4 is 10.1 Å². The average Bonchev–Trinajstić information content (AvgIpc) is 2.69. The lowest BCUT2D eigenvalue weighted by Crippen LogP contribution is -2.20. The van der Waals surface area contributed by atoms with Gasteiger partial charge in [0.2, 0.25) is 5.82 Å². The highest BCUT2D eigenvalue weighted by Gasteiger charge is 2.27. The molecule has 0 radical (unpaired) electrons. The molecule has 0 aromatic heterocycles. The van der Waals surface area contributed by atoms with E-state index in [0.717, 1.165) is 24.8 Å². The van der Waals surface area contributed by atoms with E-state index >= 15 is 0 Å². The fourth-order valence-corrected chi connectivity index (χ4v) is 2.61. The summed E-state index contributed by atoms with van der Waals surface area (Å²) in [5.41, 5.74) is -0.436. The first-order valence-corrected chi connectivity index (χ1v) is 8.94. The van der Waals surface area contributed by atoms with E-state index in [1.165, 1.54) is 31.4 Å². The summed E-state index contributed by atoms with van der Waals surface area (Å²) in [5, 5.41) is 1.55. The third kappa shape index (κ3) is 5.43. The molecule has 2 aromatic carbocycles. The van der Waals surface area contributed by atoms with Gasteiger partial charge in [-0.1, -0.05) is 44.7 Å². The predicted molar refractivity (Wildman–Crippen MR) is 94.8 cm³/mol. The summed E-state index contributed by atoms with van der Waals surface area (Å²) in [5.74, 6) is -10.8. The molecule has 2 rings (SSSR count). The number of unbranched alkanes of at least 4 members (excludes halogenated alkanes) is 4. The van der Waals surface area contributed by atoms with Gasteiger partial charge < -0.3 is 4.74 Å². The molecule has 1 N–H and O–H groups in total. The van der Waals surface area contributed by atoms with Crippen molar-refractivity contribution in [3.63, 3.8) is 0 Å². The van der Waals surface area contributed by atoms with E-state index in [-0.39, 0.29) is 5.75 Å². The lowest BCUT2D eigenvalue weighted by molar-refractivity contribution is 0.214. The molecule has 2 aromatic rings. The number of halogens is 5. The maximum atomic E-state index is 13.6. The standard InChI is InChI=1S/C20H20F5NO2/c1-2-3-4-5-6-7-12-8-10-13(11-9-12)28-20(27)26-19-17(24)15(22)14(21)16(23)18(19)25/h8-11H,2-7H2,1H3,(H,26,27). The number of ether oxygens (including phenoxy) is 1. The van der Waals surface area contributed by atoms with Crippen molar-refractivity contribution >= 4 is 11.8 Å². The summed E-state index contributed by atoms with van der Waals surface area (Å²) in [7, 11) is 0. The normalized spacial score (nSPS) is 10.8. The molecule has 3 nitrogen and oxygen atoms in total. The zero-order valence-corrected chi connectivity index (χ0v) is 15.3. The van der Waals surface area contributed by atoms with Gasteiger partial charge in [-0.2, -0.15) is 0 Å². The van der Waals surface area contributed by atoms with Crippen molar-refractivity contribution in [1.82, 2.24) is 0 Å². The molecule has 0 atom stereocenters. The van der Waals surface area contributed by atoms with Crippen LogP contribution in [0.1, 0.15) is 44.6 Å². The summed E-state index contributed by atoms with van der Waals surface area (Å²) >= 11 is 0. The Hall–Kier alpha value is -2.64. The van der Waals surface area contributed by atoms with Crippen LogP contribution in [0, 0.1) is 29.1 Å². The summed E-state index contributed by atoms with van der Waals surface area (Å²) < 4.78 is 71.2. The summed E-state index contributed by atoms with van der Waals surface area (Å²) in [6, 6.07) is 6.45. The van der Waals surface area contributed by atoms with Crippen LogP contribution in [0.5, 0.6) is 5.75 Å². The van der Waals surface area contributed by atoms with E-state index in [4.69, 9.17) is 4.74 Å². The van der Waals surface area contributed by atoms with Gasteiger partial charge in [-0.25, -0.2) is 26.7 Å². The first-order valence-electron chi connectivity index (χ1n) is 8.94. The lowest BCUT2D eigenvalue weighted by Gasteiger charge is -2.10. The maximum Gasteiger partial charge on any atom is 0.417 e. The number of carbonyl (C=O) groups is 1. The van der Waals surface area contributed by atoms with Gasteiger partial charge in [-0.05, 0) is 30.5 Å². The summed E-state index contributed by atoms with van der Waals surface area (Å²) in [4.78, 5) is 11.7. The van der Waals surface area contributed by atoms with Crippen molar-refractivity contribution in [3.8, 4) is 5.75 Å². The Bertz CT molecular complexity index is 795. The van der Waals surface area contributed by atoms with E-state index in [2.05, 4.69) is 6.92 Å². The minimum atomic E-state index is -2.31. The van der Waals surface area contributed by atoms with Crippen molar-refractivity contribution in [3.05, 3.63) is 58.9 Å². The molecule has 0 aliphatic rings. The molecule has 0 fully saturated rings. The minimum absolute atomic E-state index is 0.0658. The zero-order chi connectivity index (χ0) is 20.7. The molecule has 0 saturated carbocycles. The maximum absolute atomic E-state index is 13.6. The highest BCUT2D eigenvalue weighted by Crippen LogP contribution is 2.27. The summed E-state index contributed by atoms with van der Waals surface area (Å²) in [6.45, 7) is 2.14. The highest BCUT2D eigenvalue weighted by atomic mass is 19.2. The molecule has 0 unspecified atom stereocenters. The number of nitrogens with one attached hydrogen (secondary N) is 1. The second-order valence-electron chi connectivity index (χ2n) is 6.27. The van der Waals surface area contributed by atoms with Crippen LogP contribution in [0.15, 0.2) is 24.3 Å². The van der Waals surface area contributed by atoms with Gasteiger partial charge in [0, 0.05) is 0 Å².